The van der Waals surface area contributed by atoms with E-state index in [1.54, 1.807) is 0 Å². The van der Waals surface area contributed by atoms with Crippen LogP contribution in [-0.2, 0) is 0 Å². The molecule has 32 heavy (non-hydrogen) atoms. The maximum Gasteiger partial charge on any atom is 0.343 e. The van der Waals surface area contributed by atoms with Gasteiger partial charge in [0, 0.05) is 17.7 Å². The third kappa shape index (κ3) is 5.24. The van der Waals surface area contributed by atoms with Gasteiger partial charge in [0.1, 0.15) is 5.75 Å². The van der Waals surface area contributed by atoms with Crippen LogP contribution in [0.4, 0.5) is 22.0 Å². The van der Waals surface area contributed by atoms with E-state index in [4.69, 9.17) is 9.47 Å². The Kier molecular flexibility index (Phi) is 7.11. The van der Waals surface area contributed by atoms with Crippen LogP contribution in [0.25, 0.3) is 0 Å². The average Bonchev–Trinajstić information content (AvgIpc) is 2.78. The zero-order valence-electron chi connectivity index (χ0n) is 16.6. The Hall–Kier alpha value is -3.86. The van der Waals surface area contributed by atoms with Crippen molar-refractivity contribution in [1.29, 1.82) is 0 Å². The van der Waals surface area contributed by atoms with E-state index >= 15 is 0 Å². The van der Waals surface area contributed by atoms with Gasteiger partial charge in [-0.05, 0) is 42.8 Å². The highest BCUT2D eigenvalue weighted by Gasteiger charge is 2.15. The first-order valence-corrected chi connectivity index (χ1v) is 9.39. The molecule has 0 saturated heterocycles. The van der Waals surface area contributed by atoms with Gasteiger partial charge in [0.2, 0.25) is 5.82 Å². The molecule has 164 valence electrons. The number of ether oxygens (including phenoxy) is 2. The highest BCUT2D eigenvalue weighted by atomic mass is 19.2. The van der Waals surface area contributed by atoms with Crippen LogP contribution in [0.3, 0.4) is 0 Å². The van der Waals surface area contributed by atoms with E-state index < -0.39 is 40.8 Å². The fraction of sp³-hybridized carbons (Fsp3) is 0.125. The normalized spacial score (nSPS) is 10.3. The van der Waals surface area contributed by atoms with Gasteiger partial charge < -0.3 is 9.47 Å². The van der Waals surface area contributed by atoms with Crippen LogP contribution in [0.1, 0.15) is 34.8 Å². The summed E-state index contributed by atoms with van der Waals surface area (Å²) in [6.07, 6.45) is 0.643. The molecule has 8 heteroatoms. The SMILES string of the molecule is CCCOc1ccc(C#Cc2ccc(C(=O)Oc3cc(F)c(F)c(F)c3)cc2)c(F)c1F. The molecule has 0 aromatic heterocycles. The Morgan fingerprint density at radius 2 is 1.50 bits per heavy atom. The van der Waals surface area contributed by atoms with Crippen LogP contribution in [0.15, 0.2) is 48.5 Å². The molecular formula is C24H15F5O3. The van der Waals surface area contributed by atoms with Crippen LogP contribution in [0.5, 0.6) is 11.5 Å². The topological polar surface area (TPSA) is 35.5 Å². The van der Waals surface area contributed by atoms with Crippen molar-refractivity contribution in [3.63, 3.8) is 0 Å². The van der Waals surface area contributed by atoms with Crippen LogP contribution in [0, 0.1) is 40.9 Å². The maximum absolute atomic E-state index is 14.2. The zero-order chi connectivity index (χ0) is 23.3. The molecule has 0 aliphatic rings. The van der Waals surface area contributed by atoms with Gasteiger partial charge in [0.15, 0.2) is 29.0 Å². The Labute approximate surface area is 180 Å². The predicted molar refractivity (Wildman–Crippen MR) is 106 cm³/mol. The molecule has 0 aliphatic heterocycles. The number of carbonyl (C=O) groups is 1. The van der Waals surface area contributed by atoms with Gasteiger partial charge in [-0.3, -0.25) is 0 Å². The summed E-state index contributed by atoms with van der Waals surface area (Å²) in [5.74, 6) is -3.42. The second-order valence-corrected chi connectivity index (χ2v) is 6.51. The summed E-state index contributed by atoms with van der Waals surface area (Å²) in [6.45, 7) is 2.09. The molecule has 0 amide bonds. The molecule has 0 radical (unpaired) electrons. The lowest BCUT2D eigenvalue weighted by Gasteiger charge is -2.07. The molecule has 3 aromatic carbocycles. The Morgan fingerprint density at radius 1 is 0.844 bits per heavy atom. The summed E-state index contributed by atoms with van der Waals surface area (Å²) in [5, 5.41) is 0. The highest BCUT2D eigenvalue weighted by Crippen LogP contribution is 2.23. The maximum atomic E-state index is 14.2. The van der Waals surface area contributed by atoms with Gasteiger partial charge in [0.05, 0.1) is 17.7 Å². The molecule has 0 spiro atoms. The first-order chi connectivity index (χ1) is 15.3. The lowest BCUT2D eigenvalue weighted by atomic mass is 10.1. The quantitative estimate of drug-likeness (QED) is 0.164. The van der Waals surface area contributed by atoms with Crippen LogP contribution >= 0.6 is 0 Å². The van der Waals surface area contributed by atoms with Gasteiger partial charge in [-0.2, -0.15) is 4.39 Å². The van der Waals surface area contributed by atoms with E-state index in [0.29, 0.717) is 24.1 Å². The van der Waals surface area contributed by atoms with E-state index in [2.05, 4.69) is 11.8 Å². The zero-order valence-corrected chi connectivity index (χ0v) is 16.6. The van der Waals surface area contributed by atoms with Crippen molar-refractivity contribution in [2.45, 2.75) is 13.3 Å². The summed E-state index contributed by atoms with van der Waals surface area (Å²) in [5.41, 5.74) is 0.233. The predicted octanol–water partition coefficient (Wildman–Crippen LogP) is 5.79. The molecular weight excluding hydrogens is 431 g/mol. The molecule has 3 nitrogen and oxygen atoms in total. The fourth-order valence-electron chi connectivity index (χ4n) is 2.54. The summed E-state index contributed by atoms with van der Waals surface area (Å²) in [4.78, 5) is 12.1. The Balaban J connectivity index is 1.72. The van der Waals surface area contributed by atoms with Crippen molar-refractivity contribution in [1.82, 2.24) is 0 Å². The lowest BCUT2D eigenvalue weighted by molar-refractivity contribution is 0.0733. The van der Waals surface area contributed by atoms with E-state index in [-0.39, 0.29) is 23.5 Å². The number of carbonyl (C=O) groups excluding carboxylic acids is 1. The summed E-state index contributed by atoms with van der Waals surface area (Å²) >= 11 is 0. The minimum Gasteiger partial charge on any atom is -0.490 e. The van der Waals surface area contributed by atoms with Gasteiger partial charge >= 0.3 is 5.97 Å². The molecule has 0 atom stereocenters. The number of hydrogen-bond acceptors (Lipinski definition) is 3. The number of rotatable bonds is 5. The van der Waals surface area contributed by atoms with Crippen molar-refractivity contribution in [3.05, 3.63) is 94.3 Å². The third-order valence-corrected chi connectivity index (χ3v) is 4.14. The number of hydrogen-bond donors (Lipinski definition) is 0. The molecule has 0 fully saturated rings. The monoisotopic (exact) mass is 446 g/mol. The first-order valence-electron chi connectivity index (χ1n) is 9.39. The van der Waals surface area contributed by atoms with Gasteiger partial charge in [0.25, 0.3) is 0 Å². The molecule has 0 bridgehead atoms. The van der Waals surface area contributed by atoms with Crippen LogP contribution in [0.2, 0.25) is 0 Å². The van der Waals surface area contributed by atoms with E-state index in [0.717, 1.165) is 0 Å². The Morgan fingerprint density at radius 3 is 2.12 bits per heavy atom. The van der Waals surface area contributed by atoms with Gasteiger partial charge in [-0.1, -0.05) is 18.8 Å². The smallest absolute Gasteiger partial charge is 0.343 e. The van der Waals surface area contributed by atoms with Crippen LogP contribution in [-0.4, -0.2) is 12.6 Å². The van der Waals surface area contributed by atoms with Crippen LogP contribution < -0.4 is 9.47 Å². The standard InChI is InChI=1S/C24H15F5O3/c1-2-11-31-20-10-9-15(21(27)23(20)29)6-3-14-4-7-16(8-5-14)24(30)32-17-12-18(25)22(28)19(26)13-17/h4-5,7-10,12-13H,2,11H2,1H3. The number of halogens is 5. The Bertz CT molecular complexity index is 1190. The average molecular weight is 446 g/mol. The van der Waals surface area contributed by atoms with E-state index in [1.165, 1.54) is 36.4 Å². The largest absolute Gasteiger partial charge is 0.490 e. The van der Waals surface area contributed by atoms with Crippen molar-refractivity contribution in [3.8, 4) is 23.3 Å². The molecule has 0 N–H and O–H groups in total. The number of esters is 1. The van der Waals surface area contributed by atoms with E-state index in [9.17, 15) is 26.7 Å². The second kappa shape index (κ2) is 9.96. The summed E-state index contributed by atoms with van der Waals surface area (Å²) in [7, 11) is 0. The number of benzene rings is 3. The van der Waals surface area contributed by atoms with E-state index in [1.807, 2.05) is 6.92 Å². The lowest BCUT2D eigenvalue weighted by Crippen LogP contribution is -2.09. The minimum absolute atomic E-state index is 0.0235. The summed E-state index contributed by atoms with van der Waals surface area (Å²) < 4.78 is 77.5. The molecule has 0 aliphatic carbocycles. The van der Waals surface area contributed by atoms with Gasteiger partial charge in [-0.15, -0.1) is 0 Å². The molecule has 3 aromatic rings. The first kappa shape index (κ1) is 22.8. The van der Waals surface area contributed by atoms with Crippen molar-refractivity contribution >= 4 is 5.97 Å². The summed E-state index contributed by atoms with van der Waals surface area (Å²) in [6, 6.07) is 9.15. The molecule has 0 unspecified atom stereocenters. The molecule has 0 heterocycles. The van der Waals surface area contributed by atoms with Crippen molar-refractivity contribution in [2.24, 2.45) is 0 Å². The minimum atomic E-state index is -1.67. The highest BCUT2D eigenvalue weighted by molar-refractivity contribution is 5.91. The second-order valence-electron chi connectivity index (χ2n) is 6.51. The fourth-order valence-corrected chi connectivity index (χ4v) is 2.54. The van der Waals surface area contributed by atoms with Crippen molar-refractivity contribution in [2.75, 3.05) is 6.61 Å². The molecule has 0 saturated carbocycles. The third-order valence-electron chi connectivity index (χ3n) is 4.14. The molecule has 3 rings (SSSR count). The van der Waals surface area contributed by atoms with Crippen molar-refractivity contribution < 1.29 is 36.2 Å². The van der Waals surface area contributed by atoms with Gasteiger partial charge in [-0.25, -0.2) is 22.4 Å².